The van der Waals surface area contributed by atoms with Crippen LogP contribution in [0.15, 0.2) is 35.1 Å². The van der Waals surface area contributed by atoms with Crippen LogP contribution in [-0.4, -0.2) is 46.8 Å². The predicted molar refractivity (Wildman–Crippen MR) is 119 cm³/mol. The second kappa shape index (κ2) is 8.00. The third kappa shape index (κ3) is 3.78. The molecule has 3 heterocycles. The van der Waals surface area contributed by atoms with Crippen molar-refractivity contribution >= 4 is 45.8 Å². The number of hydrogen-bond donors (Lipinski definition) is 1. The summed E-state index contributed by atoms with van der Waals surface area (Å²) in [7, 11) is 0. The van der Waals surface area contributed by atoms with Gasteiger partial charge >= 0.3 is 5.69 Å². The molecule has 30 heavy (non-hydrogen) atoms. The number of imidazole rings is 1. The van der Waals surface area contributed by atoms with Crippen molar-refractivity contribution in [1.29, 1.82) is 0 Å². The van der Waals surface area contributed by atoms with Gasteiger partial charge in [0.1, 0.15) is 12.7 Å². The first-order valence-electron chi connectivity index (χ1n) is 9.88. The Kier molecular flexibility index (Phi) is 5.35. The van der Waals surface area contributed by atoms with Crippen molar-refractivity contribution in [2.24, 2.45) is 0 Å². The Hall–Kier alpha value is -1.86. The number of rotatable bonds is 3. The average Bonchev–Trinajstić information content (AvgIpc) is 3.04. The number of nitrogens with one attached hydrogen (secondary N) is 1. The van der Waals surface area contributed by atoms with E-state index in [0.717, 1.165) is 43.5 Å². The normalized spacial score (nSPS) is 20.0. The minimum atomic E-state index is -0.0816. The summed E-state index contributed by atoms with van der Waals surface area (Å²) in [6, 6.07) is 9.07. The summed E-state index contributed by atoms with van der Waals surface area (Å²) < 4.78 is 13.8. The second-order valence-electron chi connectivity index (χ2n) is 7.76. The monoisotopic (exact) mass is 467 g/mol. The highest BCUT2D eigenvalue weighted by molar-refractivity contribution is 6.42. The van der Waals surface area contributed by atoms with Crippen LogP contribution in [0.4, 0.5) is 0 Å². The first kappa shape index (κ1) is 20.1. The zero-order valence-electron chi connectivity index (χ0n) is 16.0. The van der Waals surface area contributed by atoms with Gasteiger partial charge in [0, 0.05) is 42.8 Å². The van der Waals surface area contributed by atoms with E-state index in [2.05, 4.69) is 9.88 Å². The van der Waals surface area contributed by atoms with Crippen LogP contribution in [0.25, 0.3) is 11.0 Å². The van der Waals surface area contributed by atoms with Crippen LogP contribution in [0.1, 0.15) is 18.9 Å². The lowest BCUT2D eigenvalue weighted by Crippen LogP contribution is -2.45. The summed E-state index contributed by atoms with van der Waals surface area (Å²) in [6.45, 7) is 2.98. The Labute approximate surface area is 188 Å². The number of aromatic amines is 1. The Morgan fingerprint density at radius 3 is 2.53 bits per heavy atom. The lowest BCUT2D eigenvalue weighted by atomic mass is 10.0. The van der Waals surface area contributed by atoms with Gasteiger partial charge in [-0.1, -0.05) is 34.8 Å². The van der Waals surface area contributed by atoms with Crippen molar-refractivity contribution in [2.45, 2.75) is 25.0 Å². The van der Waals surface area contributed by atoms with Crippen LogP contribution in [-0.2, 0) is 0 Å². The SMILES string of the molecule is O=c1[nH]c2cc(Cl)ccc2n1C1CCN(CC2COc3cc(Cl)c(Cl)cc3O2)CC1. The zero-order valence-corrected chi connectivity index (χ0v) is 18.3. The van der Waals surface area contributed by atoms with Gasteiger partial charge in [0.2, 0.25) is 0 Å². The molecule has 1 unspecified atom stereocenters. The largest absolute Gasteiger partial charge is 0.486 e. The molecule has 5 rings (SSSR count). The number of nitrogens with zero attached hydrogens (tertiary/aromatic N) is 2. The van der Waals surface area contributed by atoms with Crippen LogP contribution in [0.3, 0.4) is 0 Å². The van der Waals surface area contributed by atoms with Gasteiger partial charge in [-0.2, -0.15) is 0 Å². The number of piperidine rings is 1. The summed E-state index contributed by atoms with van der Waals surface area (Å²) in [5.74, 6) is 1.25. The minimum Gasteiger partial charge on any atom is -0.486 e. The second-order valence-corrected chi connectivity index (χ2v) is 9.01. The zero-order chi connectivity index (χ0) is 20.8. The Balaban J connectivity index is 1.23. The molecule has 1 fully saturated rings. The summed E-state index contributed by atoms with van der Waals surface area (Å²) in [4.78, 5) is 17.8. The smallest absolute Gasteiger partial charge is 0.326 e. The molecule has 2 aliphatic heterocycles. The van der Waals surface area contributed by atoms with Crippen molar-refractivity contribution in [2.75, 3.05) is 26.2 Å². The van der Waals surface area contributed by atoms with Crippen molar-refractivity contribution < 1.29 is 9.47 Å². The molecule has 0 radical (unpaired) electrons. The highest BCUT2D eigenvalue weighted by Gasteiger charge is 2.28. The molecule has 2 aromatic carbocycles. The van der Waals surface area contributed by atoms with Crippen LogP contribution in [0.5, 0.6) is 11.5 Å². The molecular formula is C21H20Cl3N3O3. The van der Waals surface area contributed by atoms with Crippen LogP contribution in [0.2, 0.25) is 15.1 Å². The highest BCUT2D eigenvalue weighted by atomic mass is 35.5. The van der Waals surface area contributed by atoms with Gasteiger partial charge in [-0.05, 0) is 31.0 Å². The van der Waals surface area contributed by atoms with Gasteiger partial charge in [-0.3, -0.25) is 9.47 Å². The lowest BCUT2D eigenvalue weighted by Gasteiger charge is -2.36. The predicted octanol–water partition coefficient (Wildman–Crippen LogP) is 4.77. The van der Waals surface area contributed by atoms with Crippen LogP contribution < -0.4 is 15.2 Å². The van der Waals surface area contributed by atoms with E-state index in [0.29, 0.717) is 33.2 Å². The molecule has 1 aromatic heterocycles. The molecule has 1 N–H and O–H groups in total. The highest BCUT2D eigenvalue weighted by Crippen LogP contribution is 2.39. The molecular weight excluding hydrogens is 449 g/mol. The first-order chi connectivity index (χ1) is 14.5. The topological polar surface area (TPSA) is 59.5 Å². The van der Waals surface area contributed by atoms with Gasteiger partial charge in [-0.25, -0.2) is 4.79 Å². The molecule has 6 nitrogen and oxygen atoms in total. The third-order valence-electron chi connectivity index (χ3n) is 5.77. The molecule has 2 aliphatic rings. The van der Waals surface area contributed by atoms with Crippen molar-refractivity contribution in [3.63, 3.8) is 0 Å². The molecule has 0 spiro atoms. The molecule has 0 saturated carbocycles. The van der Waals surface area contributed by atoms with E-state index in [1.807, 2.05) is 16.7 Å². The number of hydrogen-bond acceptors (Lipinski definition) is 4. The van der Waals surface area contributed by atoms with E-state index in [1.54, 1.807) is 18.2 Å². The molecule has 3 aromatic rings. The fraction of sp³-hybridized carbons (Fsp3) is 0.381. The van der Waals surface area contributed by atoms with Crippen LogP contribution in [0, 0.1) is 0 Å². The van der Waals surface area contributed by atoms with Gasteiger partial charge in [-0.15, -0.1) is 0 Å². The molecule has 9 heteroatoms. The molecule has 0 bridgehead atoms. The van der Waals surface area contributed by atoms with Gasteiger partial charge in [0.05, 0.1) is 21.1 Å². The van der Waals surface area contributed by atoms with Crippen molar-refractivity contribution in [3.8, 4) is 11.5 Å². The van der Waals surface area contributed by atoms with E-state index in [1.165, 1.54) is 0 Å². The van der Waals surface area contributed by atoms with Crippen molar-refractivity contribution in [3.05, 3.63) is 55.9 Å². The summed E-state index contributed by atoms with van der Waals surface area (Å²) in [5.41, 5.74) is 1.60. The Bertz CT molecular complexity index is 1150. The Morgan fingerprint density at radius 1 is 1.03 bits per heavy atom. The Morgan fingerprint density at radius 2 is 1.77 bits per heavy atom. The molecule has 1 atom stereocenters. The summed E-state index contributed by atoms with van der Waals surface area (Å²) >= 11 is 18.2. The van der Waals surface area contributed by atoms with E-state index in [9.17, 15) is 4.79 Å². The van der Waals surface area contributed by atoms with E-state index in [-0.39, 0.29) is 17.8 Å². The maximum absolute atomic E-state index is 12.5. The van der Waals surface area contributed by atoms with Gasteiger partial charge in [0.25, 0.3) is 0 Å². The van der Waals surface area contributed by atoms with E-state index in [4.69, 9.17) is 44.3 Å². The third-order valence-corrected chi connectivity index (χ3v) is 6.72. The lowest BCUT2D eigenvalue weighted by molar-refractivity contribution is 0.0485. The number of halogens is 3. The molecule has 158 valence electrons. The quantitative estimate of drug-likeness (QED) is 0.602. The molecule has 0 amide bonds. The first-order valence-corrected chi connectivity index (χ1v) is 11.0. The fourth-order valence-corrected chi connectivity index (χ4v) is 4.79. The summed E-state index contributed by atoms with van der Waals surface area (Å²) in [5, 5.41) is 1.52. The maximum atomic E-state index is 12.5. The average molecular weight is 469 g/mol. The minimum absolute atomic E-state index is 0.0794. The molecule has 1 saturated heterocycles. The number of benzene rings is 2. The fourth-order valence-electron chi connectivity index (χ4n) is 4.32. The van der Waals surface area contributed by atoms with E-state index >= 15 is 0 Å². The van der Waals surface area contributed by atoms with E-state index < -0.39 is 0 Å². The van der Waals surface area contributed by atoms with Gasteiger partial charge < -0.3 is 14.5 Å². The van der Waals surface area contributed by atoms with Crippen LogP contribution >= 0.6 is 34.8 Å². The standard InChI is InChI=1S/C21H20Cl3N3O3/c22-12-1-2-18-17(7-12)25-21(28)27(18)13-3-5-26(6-4-13)10-14-11-29-19-8-15(23)16(24)9-20(19)30-14/h1-2,7-9,13-14H,3-6,10-11H2,(H,25,28). The number of aromatic nitrogens is 2. The number of fused-ring (bicyclic) bond motifs is 2. The number of likely N-dealkylation sites (tertiary alicyclic amines) is 1. The summed E-state index contributed by atoms with van der Waals surface area (Å²) in [6.07, 6.45) is 1.70. The van der Waals surface area contributed by atoms with Crippen molar-refractivity contribution in [1.82, 2.24) is 14.5 Å². The maximum Gasteiger partial charge on any atom is 0.326 e. The molecule has 0 aliphatic carbocycles. The van der Waals surface area contributed by atoms with Gasteiger partial charge in [0.15, 0.2) is 11.5 Å². The number of ether oxygens (including phenoxy) is 2. The number of H-pyrrole nitrogens is 1.